The summed E-state index contributed by atoms with van der Waals surface area (Å²) in [7, 11) is 0. The second-order valence-corrected chi connectivity index (χ2v) is 16.2. The summed E-state index contributed by atoms with van der Waals surface area (Å²) >= 11 is 0. The predicted molar refractivity (Wildman–Crippen MR) is 203 cm³/mol. The van der Waals surface area contributed by atoms with Crippen molar-refractivity contribution in [2.75, 3.05) is 52.8 Å². The number of halogens is 10. The maximum atomic E-state index is 13.9. The summed E-state index contributed by atoms with van der Waals surface area (Å²) < 4.78 is 167. The first-order valence-electron chi connectivity index (χ1n) is 19.9. The number of hydrogen-bond acceptors (Lipinski definition) is 10. The Morgan fingerprint density at radius 1 is 0.625 bits per heavy atom. The number of benzene rings is 2. The lowest BCUT2D eigenvalue weighted by Gasteiger charge is -2.29. The van der Waals surface area contributed by atoms with E-state index in [-0.39, 0.29) is 44.8 Å². The summed E-state index contributed by atoms with van der Waals surface area (Å²) in [4.78, 5) is 50.0. The van der Waals surface area contributed by atoms with Gasteiger partial charge in [0.25, 0.3) is 0 Å². The van der Waals surface area contributed by atoms with Crippen molar-refractivity contribution in [2.45, 2.75) is 91.2 Å². The molecule has 0 fully saturated rings. The number of amides is 2. The lowest BCUT2D eigenvalue weighted by molar-refractivity contribution is -0.136. The highest BCUT2D eigenvalue weighted by Gasteiger charge is 2.31. The van der Waals surface area contributed by atoms with Gasteiger partial charge >= 0.3 is 11.9 Å². The zero-order valence-corrected chi connectivity index (χ0v) is 35.3. The van der Waals surface area contributed by atoms with Crippen molar-refractivity contribution in [1.82, 2.24) is 10.6 Å². The van der Waals surface area contributed by atoms with Crippen molar-refractivity contribution < 1.29 is 91.5 Å². The summed E-state index contributed by atoms with van der Waals surface area (Å²) in [6.07, 6.45) is 2.56. The fourth-order valence-corrected chi connectivity index (χ4v) is 5.66. The lowest BCUT2D eigenvalue weighted by atomic mass is 9.89. The SMILES string of the molecule is CC(C)(CNC(=O)COC1C#CCCCCC1)COCC(C)(C)CC(=O)NC(COCCC(=O)Oc1c(F)c(F)c(F)c(F)c1F)COCCC(=O)Oc1c(F)c(F)c(F)c(F)c1F. The van der Waals surface area contributed by atoms with Gasteiger partial charge in [0.1, 0.15) is 12.7 Å². The number of rotatable bonds is 24. The molecule has 0 spiro atoms. The molecule has 1 atom stereocenters. The van der Waals surface area contributed by atoms with E-state index >= 15 is 0 Å². The van der Waals surface area contributed by atoms with Crippen molar-refractivity contribution >= 4 is 23.8 Å². The lowest BCUT2D eigenvalue weighted by Crippen LogP contribution is -2.44. The van der Waals surface area contributed by atoms with Crippen LogP contribution in [0, 0.1) is 80.8 Å². The standard InChI is InChI=1S/C42H48F10N2O10/c1-41(2,21-61-22-42(3,4)20-53-26(56)19-62-24-10-8-6-5-7-9-11-24)16-25(55)54-23(17-59-14-12-27(57)63-39-35(49)31(45)29(43)32(46)36(39)50)18-60-15-13-28(58)64-40-37(51)33(47)30(44)34(48)38(40)52/h23-24H,5-8,10,12-22H2,1-4H3,(H,53,56)(H,54,55). The van der Waals surface area contributed by atoms with E-state index in [0.717, 1.165) is 32.1 Å². The van der Waals surface area contributed by atoms with E-state index in [1.807, 2.05) is 13.8 Å². The Kier molecular flexibility index (Phi) is 20.8. The monoisotopic (exact) mass is 930 g/mol. The highest BCUT2D eigenvalue weighted by Crippen LogP contribution is 2.31. The van der Waals surface area contributed by atoms with Gasteiger partial charge in [0, 0.05) is 24.8 Å². The number of ether oxygens (including phenoxy) is 6. The van der Waals surface area contributed by atoms with E-state index in [9.17, 15) is 63.1 Å². The number of esters is 2. The van der Waals surface area contributed by atoms with Gasteiger partial charge in [0.2, 0.25) is 81.5 Å². The van der Waals surface area contributed by atoms with E-state index < -0.39 is 144 Å². The minimum absolute atomic E-state index is 0.0647. The molecule has 0 radical (unpaired) electrons. The number of carbonyl (C=O) groups is 4. The summed E-state index contributed by atoms with van der Waals surface area (Å²) in [5.41, 5.74) is -1.34. The van der Waals surface area contributed by atoms with Crippen molar-refractivity contribution in [2.24, 2.45) is 10.8 Å². The van der Waals surface area contributed by atoms with Gasteiger partial charge in [0.05, 0.1) is 58.5 Å². The molecule has 0 saturated heterocycles. The maximum absolute atomic E-state index is 13.9. The second-order valence-electron chi connectivity index (χ2n) is 16.2. The maximum Gasteiger partial charge on any atom is 0.313 e. The van der Waals surface area contributed by atoms with Gasteiger partial charge in [-0.2, -0.15) is 17.6 Å². The minimum atomic E-state index is -2.47. The normalized spacial score (nSPS) is 14.3. The third-order valence-corrected chi connectivity index (χ3v) is 9.01. The Morgan fingerprint density at radius 2 is 1.09 bits per heavy atom. The highest BCUT2D eigenvalue weighted by molar-refractivity contribution is 5.77. The van der Waals surface area contributed by atoms with Crippen LogP contribution in [0.25, 0.3) is 0 Å². The molecule has 22 heteroatoms. The van der Waals surface area contributed by atoms with E-state index in [1.165, 1.54) is 0 Å². The first-order valence-corrected chi connectivity index (χ1v) is 19.9. The Labute approximate surface area is 362 Å². The molecule has 1 unspecified atom stereocenters. The van der Waals surface area contributed by atoms with Crippen LogP contribution in [0.5, 0.6) is 11.5 Å². The molecule has 3 rings (SSSR count). The predicted octanol–water partition coefficient (Wildman–Crippen LogP) is 6.81. The molecule has 0 aromatic heterocycles. The minimum Gasteiger partial charge on any atom is -0.420 e. The van der Waals surface area contributed by atoms with Crippen molar-refractivity contribution in [3.63, 3.8) is 0 Å². The molecule has 1 aliphatic carbocycles. The molecule has 356 valence electrons. The molecule has 0 aliphatic heterocycles. The average Bonchev–Trinajstić information content (AvgIpc) is 3.22. The van der Waals surface area contributed by atoms with Gasteiger partial charge in [0.15, 0.2) is 0 Å². The van der Waals surface area contributed by atoms with Crippen molar-refractivity contribution in [3.8, 4) is 23.3 Å². The largest absolute Gasteiger partial charge is 0.420 e. The Balaban J connectivity index is 1.53. The van der Waals surface area contributed by atoms with E-state index in [0.29, 0.717) is 0 Å². The molecule has 1 aliphatic rings. The molecular weight excluding hydrogens is 882 g/mol. The summed E-state index contributed by atoms with van der Waals surface area (Å²) in [6, 6.07) is -1.09. The molecule has 0 bridgehead atoms. The smallest absolute Gasteiger partial charge is 0.313 e. The van der Waals surface area contributed by atoms with Gasteiger partial charge in [-0.05, 0) is 24.7 Å². The number of hydrogen-bond donors (Lipinski definition) is 2. The molecule has 2 aromatic rings. The van der Waals surface area contributed by atoms with Gasteiger partial charge in [-0.15, -0.1) is 5.92 Å². The van der Waals surface area contributed by atoms with Crippen LogP contribution in [0.4, 0.5) is 43.9 Å². The third kappa shape index (κ3) is 16.9. The number of nitrogens with one attached hydrogen (secondary N) is 2. The van der Waals surface area contributed by atoms with Crippen LogP contribution in [0.15, 0.2) is 0 Å². The van der Waals surface area contributed by atoms with Crippen LogP contribution >= 0.6 is 0 Å². The molecule has 2 aromatic carbocycles. The van der Waals surface area contributed by atoms with Crippen LogP contribution in [-0.2, 0) is 38.1 Å². The third-order valence-electron chi connectivity index (χ3n) is 9.01. The van der Waals surface area contributed by atoms with Gasteiger partial charge in [-0.3, -0.25) is 19.2 Å². The number of carbonyl (C=O) groups excluding carboxylic acids is 4. The van der Waals surface area contributed by atoms with Gasteiger partial charge < -0.3 is 39.1 Å². The van der Waals surface area contributed by atoms with Gasteiger partial charge in [-0.25, -0.2) is 26.3 Å². The molecule has 64 heavy (non-hydrogen) atoms. The first kappa shape index (κ1) is 53.4. The van der Waals surface area contributed by atoms with E-state index in [1.54, 1.807) is 13.8 Å². The Morgan fingerprint density at radius 3 is 1.59 bits per heavy atom. The van der Waals surface area contributed by atoms with Crippen LogP contribution in [-0.4, -0.2) is 88.7 Å². The fraction of sp³-hybridized carbons (Fsp3) is 0.571. The molecular formula is C42H48F10N2O10. The van der Waals surface area contributed by atoms with E-state index in [2.05, 4.69) is 31.9 Å². The molecule has 0 saturated carbocycles. The highest BCUT2D eigenvalue weighted by atomic mass is 19.2. The summed E-state index contributed by atoms with van der Waals surface area (Å²) in [6.45, 7) is 5.37. The average molecular weight is 931 g/mol. The topological polar surface area (TPSA) is 148 Å². The van der Waals surface area contributed by atoms with Crippen LogP contribution in [0.2, 0.25) is 0 Å². The van der Waals surface area contributed by atoms with Crippen LogP contribution in [0.1, 0.15) is 79.1 Å². The summed E-state index contributed by atoms with van der Waals surface area (Å²) in [5, 5.41) is 5.41. The zero-order valence-electron chi connectivity index (χ0n) is 35.3. The summed E-state index contributed by atoms with van der Waals surface area (Å²) in [5.74, 6) is -25.3. The molecule has 0 heterocycles. The van der Waals surface area contributed by atoms with Crippen molar-refractivity contribution in [1.29, 1.82) is 0 Å². The van der Waals surface area contributed by atoms with Gasteiger partial charge in [-0.1, -0.05) is 40.0 Å². The van der Waals surface area contributed by atoms with Crippen molar-refractivity contribution in [3.05, 3.63) is 58.2 Å². The second kappa shape index (κ2) is 24.9. The molecule has 2 amide bonds. The van der Waals surface area contributed by atoms with E-state index in [4.69, 9.17) is 18.9 Å². The first-order chi connectivity index (χ1) is 30.0. The Bertz CT molecular complexity index is 1890. The fourth-order valence-electron chi connectivity index (χ4n) is 5.66. The Hall–Kier alpha value is -4.98. The van der Waals surface area contributed by atoms with Crippen LogP contribution < -0.4 is 20.1 Å². The van der Waals surface area contributed by atoms with Crippen LogP contribution in [0.3, 0.4) is 0 Å². The molecule has 2 N–H and O–H groups in total. The zero-order chi connectivity index (χ0) is 47.8. The quantitative estimate of drug-likeness (QED) is 0.0219. The molecule has 12 nitrogen and oxygen atoms in total.